The molecule has 0 spiro atoms. The maximum absolute atomic E-state index is 11.3. The zero-order valence-electron chi connectivity index (χ0n) is 15.9. The summed E-state index contributed by atoms with van der Waals surface area (Å²) >= 11 is 0. The third kappa shape index (κ3) is 4.53. The SMILES string of the molecule is COc1cccc([C@]2(C#N)CC[C@@H](NCc3ccc(S(N)(=O)=O)cc3)CC2)c1. The summed E-state index contributed by atoms with van der Waals surface area (Å²) in [6.45, 7) is 0.647. The summed E-state index contributed by atoms with van der Waals surface area (Å²) in [5, 5.41) is 18.5. The van der Waals surface area contributed by atoms with E-state index in [4.69, 9.17) is 9.88 Å². The summed E-state index contributed by atoms with van der Waals surface area (Å²) in [6, 6.07) is 17.3. The number of ether oxygens (including phenoxy) is 1. The second-order valence-corrected chi connectivity index (χ2v) is 8.83. The van der Waals surface area contributed by atoms with Crippen LogP contribution in [0.15, 0.2) is 53.4 Å². The number of hydrogen-bond donors (Lipinski definition) is 2. The highest BCUT2D eigenvalue weighted by molar-refractivity contribution is 7.89. The molecule has 2 aromatic rings. The Morgan fingerprint density at radius 3 is 2.46 bits per heavy atom. The molecule has 0 amide bonds. The van der Waals surface area contributed by atoms with Gasteiger partial charge in [-0.25, -0.2) is 13.6 Å². The van der Waals surface area contributed by atoms with Crippen molar-refractivity contribution in [2.24, 2.45) is 5.14 Å². The predicted octanol–water partition coefficient (Wildman–Crippen LogP) is 2.84. The molecule has 3 rings (SSSR count). The molecule has 0 atom stereocenters. The van der Waals surface area contributed by atoms with Crippen LogP contribution in [0.4, 0.5) is 0 Å². The number of nitrogens with two attached hydrogens (primary N) is 1. The molecule has 7 heteroatoms. The molecule has 0 bridgehead atoms. The van der Waals surface area contributed by atoms with Crippen LogP contribution in [0.2, 0.25) is 0 Å². The van der Waals surface area contributed by atoms with Crippen LogP contribution in [-0.2, 0) is 22.0 Å². The lowest BCUT2D eigenvalue weighted by Gasteiger charge is -2.36. The smallest absolute Gasteiger partial charge is 0.238 e. The highest BCUT2D eigenvalue weighted by Crippen LogP contribution is 2.40. The van der Waals surface area contributed by atoms with Crippen molar-refractivity contribution in [3.63, 3.8) is 0 Å². The van der Waals surface area contributed by atoms with Gasteiger partial charge < -0.3 is 10.1 Å². The van der Waals surface area contributed by atoms with Gasteiger partial charge in [0.25, 0.3) is 0 Å². The monoisotopic (exact) mass is 399 g/mol. The third-order valence-corrected chi connectivity index (χ3v) is 6.45. The number of primary sulfonamides is 1. The summed E-state index contributed by atoms with van der Waals surface area (Å²) in [5.41, 5.74) is 1.55. The van der Waals surface area contributed by atoms with Crippen LogP contribution >= 0.6 is 0 Å². The number of nitrogens with one attached hydrogen (secondary N) is 1. The molecule has 1 aliphatic carbocycles. The van der Waals surface area contributed by atoms with Gasteiger partial charge in [-0.2, -0.15) is 5.26 Å². The third-order valence-electron chi connectivity index (χ3n) is 5.52. The lowest BCUT2D eigenvalue weighted by Crippen LogP contribution is -2.39. The fraction of sp³-hybridized carbons (Fsp3) is 0.381. The molecule has 0 aliphatic heterocycles. The van der Waals surface area contributed by atoms with E-state index in [0.717, 1.165) is 42.6 Å². The first-order valence-corrected chi connectivity index (χ1v) is 10.8. The second-order valence-electron chi connectivity index (χ2n) is 7.27. The van der Waals surface area contributed by atoms with Crippen LogP contribution in [0.1, 0.15) is 36.8 Å². The molecule has 0 heterocycles. The van der Waals surface area contributed by atoms with Gasteiger partial charge in [0.2, 0.25) is 10.0 Å². The maximum atomic E-state index is 11.3. The van der Waals surface area contributed by atoms with Gasteiger partial charge in [-0.15, -0.1) is 0 Å². The quantitative estimate of drug-likeness (QED) is 0.777. The van der Waals surface area contributed by atoms with Gasteiger partial charge in [0.1, 0.15) is 5.75 Å². The van der Waals surface area contributed by atoms with E-state index in [1.54, 1.807) is 19.2 Å². The Hall–Kier alpha value is -2.40. The van der Waals surface area contributed by atoms with Crippen LogP contribution in [0.25, 0.3) is 0 Å². The fourth-order valence-electron chi connectivity index (χ4n) is 3.76. The van der Waals surface area contributed by atoms with Crippen LogP contribution in [0, 0.1) is 11.3 Å². The molecule has 2 aromatic carbocycles. The average Bonchev–Trinajstić information content (AvgIpc) is 2.72. The second kappa shape index (κ2) is 8.31. The molecule has 1 aliphatic rings. The molecule has 0 unspecified atom stereocenters. The van der Waals surface area contributed by atoms with E-state index >= 15 is 0 Å². The lowest BCUT2D eigenvalue weighted by molar-refractivity contribution is 0.294. The van der Waals surface area contributed by atoms with Crippen LogP contribution in [0.5, 0.6) is 5.75 Å². The van der Waals surface area contributed by atoms with E-state index in [0.29, 0.717) is 12.6 Å². The molecule has 28 heavy (non-hydrogen) atoms. The van der Waals surface area contributed by atoms with Crippen molar-refractivity contribution in [2.45, 2.75) is 48.6 Å². The standard InChI is InChI=1S/C21H25N3O3S/c1-27-19-4-2-3-17(13-19)21(15-22)11-9-18(10-12-21)24-14-16-5-7-20(8-6-16)28(23,25)26/h2-8,13,18,24H,9-12,14H2,1H3,(H2,23,25,26)/t18-,21-. The molecular formula is C21H25N3O3S. The van der Waals surface area contributed by atoms with E-state index in [1.165, 1.54) is 12.1 Å². The van der Waals surface area contributed by atoms with E-state index in [1.807, 2.05) is 24.3 Å². The zero-order chi connectivity index (χ0) is 20.2. The van der Waals surface area contributed by atoms with Gasteiger partial charge >= 0.3 is 0 Å². The minimum Gasteiger partial charge on any atom is -0.497 e. The Morgan fingerprint density at radius 2 is 1.89 bits per heavy atom. The van der Waals surface area contributed by atoms with Gasteiger partial charge in [0.15, 0.2) is 0 Å². The van der Waals surface area contributed by atoms with E-state index < -0.39 is 15.4 Å². The first kappa shape index (κ1) is 20.3. The van der Waals surface area contributed by atoms with Crippen molar-refractivity contribution in [1.29, 1.82) is 5.26 Å². The van der Waals surface area contributed by atoms with Gasteiger partial charge in [0.05, 0.1) is 23.5 Å². The molecule has 6 nitrogen and oxygen atoms in total. The largest absolute Gasteiger partial charge is 0.497 e. The number of hydrogen-bond acceptors (Lipinski definition) is 5. The minimum atomic E-state index is -3.66. The number of benzene rings is 2. The Bertz CT molecular complexity index is 957. The average molecular weight is 400 g/mol. The highest BCUT2D eigenvalue weighted by atomic mass is 32.2. The number of nitriles is 1. The molecule has 1 saturated carbocycles. The first-order valence-electron chi connectivity index (χ1n) is 9.27. The van der Waals surface area contributed by atoms with E-state index in [2.05, 4.69) is 11.4 Å². The predicted molar refractivity (Wildman–Crippen MR) is 107 cm³/mol. The fourth-order valence-corrected chi connectivity index (χ4v) is 4.28. The summed E-state index contributed by atoms with van der Waals surface area (Å²) in [7, 11) is -2.03. The summed E-state index contributed by atoms with van der Waals surface area (Å²) in [6.07, 6.45) is 3.39. The first-order chi connectivity index (χ1) is 13.4. The van der Waals surface area contributed by atoms with Crippen LogP contribution in [0.3, 0.4) is 0 Å². The molecule has 1 fully saturated rings. The molecule has 0 radical (unpaired) electrons. The lowest BCUT2D eigenvalue weighted by atomic mass is 9.69. The van der Waals surface area contributed by atoms with Crippen molar-refractivity contribution in [1.82, 2.24) is 5.32 Å². The number of methoxy groups -OCH3 is 1. The molecule has 0 saturated heterocycles. The van der Waals surface area contributed by atoms with Gasteiger partial charge in [-0.05, 0) is 61.1 Å². The van der Waals surface area contributed by atoms with E-state index in [-0.39, 0.29) is 4.90 Å². The van der Waals surface area contributed by atoms with Crippen molar-refractivity contribution in [3.8, 4) is 11.8 Å². The number of rotatable bonds is 6. The van der Waals surface area contributed by atoms with Crippen LogP contribution in [-0.4, -0.2) is 21.6 Å². The van der Waals surface area contributed by atoms with Gasteiger partial charge in [-0.1, -0.05) is 24.3 Å². The van der Waals surface area contributed by atoms with Crippen molar-refractivity contribution >= 4 is 10.0 Å². The highest BCUT2D eigenvalue weighted by Gasteiger charge is 2.37. The van der Waals surface area contributed by atoms with Crippen molar-refractivity contribution in [2.75, 3.05) is 7.11 Å². The van der Waals surface area contributed by atoms with Crippen LogP contribution < -0.4 is 15.2 Å². The summed E-state index contributed by atoms with van der Waals surface area (Å²) < 4.78 is 28.0. The maximum Gasteiger partial charge on any atom is 0.238 e. The Labute approximate surface area is 166 Å². The minimum absolute atomic E-state index is 0.117. The molecule has 148 valence electrons. The normalized spacial score (nSPS) is 22.4. The topological polar surface area (TPSA) is 105 Å². The molecular weight excluding hydrogens is 374 g/mol. The Morgan fingerprint density at radius 1 is 1.21 bits per heavy atom. The zero-order valence-corrected chi connectivity index (χ0v) is 16.7. The molecule has 3 N–H and O–H groups in total. The summed E-state index contributed by atoms with van der Waals surface area (Å²) in [5.74, 6) is 0.773. The van der Waals surface area contributed by atoms with E-state index in [9.17, 15) is 13.7 Å². The summed E-state index contributed by atoms with van der Waals surface area (Å²) in [4.78, 5) is 0.117. The van der Waals surface area contributed by atoms with Gasteiger partial charge in [0, 0.05) is 12.6 Å². The number of nitrogens with zero attached hydrogens (tertiary/aromatic N) is 1. The molecule has 0 aromatic heterocycles. The van der Waals surface area contributed by atoms with Crippen molar-refractivity contribution < 1.29 is 13.2 Å². The van der Waals surface area contributed by atoms with Gasteiger partial charge in [-0.3, -0.25) is 0 Å². The Balaban J connectivity index is 1.59. The van der Waals surface area contributed by atoms with Crippen molar-refractivity contribution in [3.05, 3.63) is 59.7 Å². The Kier molecular flexibility index (Phi) is 6.04. The number of sulfonamides is 1.